The lowest BCUT2D eigenvalue weighted by Crippen LogP contribution is -2.30. The Labute approximate surface area is 138 Å². The average Bonchev–Trinajstić information content (AvgIpc) is 2.83. The molecule has 1 atom stereocenters. The van der Waals surface area contributed by atoms with Gasteiger partial charge in [-0.2, -0.15) is 0 Å². The summed E-state index contributed by atoms with van der Waals surface area (Å²) >= 11 is 0. The number of nitrogens with two attached hydrogens (primary N) is 1. The molecule has 0 saturated carbocycles. The van der Waals surface area contributed by atoms with Crippen LogP contribution < -0.4 is 10.0 Å². The summed E-state index contributed by atoms with van der Waals surface area (Å²) in [5.74, 6) is 0. The van der Waals surface area contributed by atoms with Crippen LogP contribution in [0.3, 0.4) is 0 Å². The smallest absolute Gasteiger partial charge is 0.238 e. The number of nitrogens with zero attached hydrogens (tertiary/aromatic N) is 1. The van der Waals surface area contributed by atoms with E-state index in [4.69, 9.17) is 5.14 Å². The van der Waals surface area contributed by atoms with Crippen molar-refractivity contribution >= 4 is 15.7 Å². The van der Waals surface area contributed by atoms with Crippen molar-refractivity contribution in [3.63, 3.8) is 0 Å². The quantitative estimate of drug-likeness (QED) is 0.917. The third-order valence-electron chi connectivity index (χ3n) is 4.44. The van der Waals surface area contributed by atoms with Crippen molar-refractivity contribution in [1.29, 1.82) is 0 Å². The second-order valence-corrected chi connectivity index (χ2v) is 7.73. The van der Waals surface area contributed by atoms with E-state index in [9.17, 15) is 8.42 Å². The number of hydrogen-bond donors (Lipinski definition) is 1. The lowest BCUT2D eigenvalue weighted by Gasteiger charge is -2.25. The van der Waals surface area contributed by atoms with Crippen LogP contribution in [0.1, 0.15) is 24.5 Å². The molecule has 0 spiro atoms. The first kappa shape index (κ1) is 16.0. The summed E-state index contributed by atoms with van der Waals surface area (Å²) in [5, 5.41) is 5.22. The molecule has 0 aliphatic carbocycles. The minimum absolute atomic E-state index is 0.203. The number of fused-ring (bicyclic) bond motifs is 1. The highest BCUT2D eigenvalue weighted by atomic mass is 32.2. The van der Waals surface area contributed by atoms with Gasteiger partial charge < -0.3 is 4.90 Å². The molecule has 0 radical (unpaired) electrons. The monoisotopic (exact) mass is 330 g/mol. The van der Waals surface area contributed by atoms with Crippen LogP contribution in [0.2, 0.25) is 0 Å². The van der Waals surface area contributed by atoms with Gasteiger partial charge in [-0.25, -0.2) is 13.6 Å². The molecule has 0 bridgehead atoms. The molecule has 2 aromatic carbocycles. The van der Waals surface area contributed by atoms with Gasteiger partial charge in [-0.3, -0.25) is 0 Å². The van der Waals surface area contributed by atoms with Crippen molar-refractivity contribution in [2.24, 2.45) is 5.14 Å². The van der Waals surface area contributed by atoms with Gasteiger partial charge in [-0.15, -0.1) is 0 Å². The maximum Gasteiger partial charge on any atom is 0.238 e. The highest BCUT2D eigenvalue weighted by molar-refractivity contribution is 7.89. The predicted molar refractivity (Wildman–Crippen MR) is 93.1 cm³/mol. The van der Waals surface area contributed by atoms with Crippen molar-refractivity contribution in [2.45, 2.75) is 37.1 Å². The number of hydrogen-bond acceptors (Lipinski definition) is 3. The van der Waals surface area contributed by atoms with Crippen LogP contribution in [0.4, 0.5) is 5.69 Å². The molecule has 3 rings (SSSR count). The standard InChI is InChI=1S/C18H22N2O2S/c1-14-12-16-13-17(23(19,21)22)9-10-18(16)20(14)11-5-8-15-6-3-2-4-7-15/h2-4,6-7,9-10,13-14H,5,8,11-12H2,1H3,(H2,19,21,22)/t14-/m1/s1. The summed E-state index contributed by atoms with van der Waals surface area (Å²) < 4.78 is 23.0. The third kappa shape index (κ3) is 3.57. The number of anilines is 1. The Morgan fingerprint density at radius 2 is 1.91 bits per heavy atom. The lowest BCUT2D eigenvalue weighted by molar-refractivity contribution is 0.597. The van der Waals surface area contributed by atoms with E-state index >= 15 is 0 Å². The maximum absolute atomic E-state index is 11.5. The number of primary sulfonamides is 1. The van der Waals surface area contributed by atoms with Crippen molar-refractivity contribution in [3.8, 4) is 0 Å². The predicted octanol–water partition coefficient (Wildman–Crippen LogP) is 2.72. The summed E-state index contributed by atoms with van der Waals surface area (Å²) in [6.45, 7) is 3.15. The van der Waals surface area contributed by atoms with Gasteiger partial charge in [0.05, 0.1) is 4.90 Å². The Morgan fingerprint density at radius 3 is 2.61 bits per heavy atom. The van der Waals surface area contributed by atoms with Crippen LogP contribution >= 0.6 is 0 Å². The van der Waals surface area contributed by atoms with Crippen LogP contribution in [0.15, 0.2) is 53.4 Å². The van der Waals surface area contributed by atoms with Crippen LogP contribution in [-0.4, -0.2) is 21.0 Å². The van der Waals surface area contributed by atoms with Gasteiger partial charge in [0.25, 0.3) is 0 Å². The Morgan fingerprint density at radius 1 is 1.17 bits per heavy atom. The molecule has 0 saturated heterocycles. The molecule has 122 valence electrons. The first-order valence-electron chi connectivity index (χ1n) is 7.91. The van der Waals surface area contributed by atoms with E-state index in [2.05, 4.69) is 36.1 Å². The zero-order chi connectivity index (χ0) is 16.4. The molecule has 23 heavy (non-hydrogen) atoms. The summed E-state index contributed by atoms with van der Waals surface area (Å²) in [6.07, 6.45) is 2.99. The van der Waals surface area contributed by atoms with Gasteiger partial charge in [0.2, 0.25) is 10.0 Å². The zero-order valence-corrected chi connectivity index (χ0v) is 14.1. The maximum atomic E-state index is 11.5. The van der Waals surface area contributed by atoms with Crippen LogP contribution in [0.5, 0.6) is 0 Å². The number of rotatable bonds is 5. The van der Waals surface area contributed by atoms with E-state index in [0.29, 0.717) is 6.04 Å². The Kier molecular flexibility index (Phi) is 4.41. The molecule has 0 amide bonds. The molecule has 4 nitrogen and oxygen atoms in total. The summed E-state index contributed by atoms with van der Waals surface area (Å²) in [7, 11) is -3.63. The fourth-order valence-corrected chi connectivity index (χ4v) is 3.85. The van der Waals surface area contributed by atoms with Crippen molar-refractivity contribution in [3.05, 3.63) is 59.7 Å². The molecular formula is C18H22N2O2S. The SMILES string of the molecule is C[C@@H]1Cc2cc(S(N)(=O)=O)ccc2N1CCCc1ccccc1. The fourth-order valence-electron chi connectivity index (χ4n) is 3.29. The van der Waals surface area contributed by atoms with Gasteiger partial charge in [0, 0.05) is 18.3 Å². The van der Waals surface area contributed by atoms with E-state index in [1.165, 1.54) is 5.56 Å². The number of sulfonamides is 1. The third-order valence-corrected chi connectivity index (χ3v) is 5.35. The van der Waals surface area contributed by atoms with Gasteiger partial charge in [0.1, 0.15) is 0 Å². The molecule has 1 heterocycles. The molecule has 0 fully saturated rings. The topological polar surface area (TPSA) is 63.4 Å². The van der Waals surface area contributed by atoms with Crippen LogP contribution in [0, 0.1) is 0 Å². The highest BCUT2D eigenvalue weighted by Crippen LogP contribution is 2.33. The van der Waals surface area contributed by atoms with E-state index in [1.807, 2.05) is 12.1 Å². The molecule has 0 unspecified atom stereocenters. The summed E-state index contributed by atoms with van der Waals surface area (Å²) in [6, 6.07) is 16.1. The molecule has 1 aliphatic heterocycles. The first-order valence-corrected chi connectivity index (χ1v) is 9.46. The lowest BCUT2D eigenvalue weighted by atomic mass is 10.1. The van der Waals surface area contributed by atoms with E-state index in [1.54, 1.807) is 12.1 Å². The molecule has 2 aromatic rings. The summed E-state index contributed by atoms with van der Waals surface area (Å²) in [5.41, 5.74) is 3.56. The second-order valence-electron chi connectivity index (χ2n) is 6.17. The molecule has 1 aliphatic rings. The zero-order valence-electron chi connectivity index (χ0n) is 13.3. The first-order chi connectivity index (χ1) is 10.9. The van der Waals surface area contributed by atoms with Gasteiger partial charge in [-0.05, 0) is 55.5 Å². The van der Waals surface area contributed by atoms with Crippen LogP contribution in [-0.2, 0) is 22.9 Å². The minimum atomic E-state index is -3.63. The highest BCUT2D eigenvalue weighted by Gasteiger charge is 2.26. The average molecular weight is 330 g/mol. The second kappa shape index (κ2) is 6.34. The van der Waals surface area contributed by atoms with E-state index < -0.39 is 10.0 Å². The van der Waals surface area contributed by atoms with Crippen LogP contribution in [0.25, 0.3) is 0 Å². The fraction of sp³-hybridized carbons (Fsp3) is 0.333. The Bertz CT molecular complexity index is 788. The number of benzene rings is 2. The van der Waals surface area contributed by atoms with E-state index in [0.717, 1.165) is 37.1 Å². The molecular weight excluding hydrogens is 308 g/mol. The minimum Gasteiger partial charge on any atom is -0.368 e. The van der Waals surface area contributed by atoms with Gasteiger partial charge in [-0.1, -0.05) is 30.3 Å². The molecule has 2 N–H and O–H groups in total. The summed E-state index contributed by atoms with van der Waals surface area (Å²) in [4.78, 5) is 2.57. The molecule has 5 heteroatoms. The largest absolute Gasteiger partial charge is 0.368 e. The Balaban J connectivity index is 1.71. The normalized spacial score (nSPS) is 17.3. The number of aryl methyl sites for hydroxylation is 1. The van der Waals surface area contributed by atoms with Crippen molar-refractivity contribution in [1.82, 2.24) is 0 Å². The van der Waals surface area contributed by atoms with Gasteiger partial charge >= 0.3 is 0 Å². The van der Waals surface area contributed by atoms with E-state index in [-0.39, 0.29) is 4.90 Å². The van der Waals surface area contributed by atoms with Gasteiger partial charge in [0.15, 0.2) is 0 Å². The Hall–Kier alpha value is -1.85. The molecule has 0 aromatic heterocycles. The van der Waals surface area contributed by atoms with Crippen molar-refractivity contribution < 1.29 is 8.42 Å². The van der Waals surface area contributed by atoms with Crippen molar-refractivity contribution in [2.75, 3.05) is 11.4 Å².